The zero-order valence-electron chi connectivity index (χ0n) is 18.3. The molecule has 3 heterocycles. The molecule has 164 valence electrons. The van der Waals surface area contributed by atoms with Crippen LogP contribution in [-0.4, -0.2) is 65.4 Å². The zero-order chi connectivity index (χ0) is 21.6. The van der Waals surface area contributed by atoms with Crippen LogP contribution < -0.4 is 5.32 Å². The van der Waals surface area contributed by atoms with E-state index in [9.17, 15) is 9.59 Å². The summed E-state index contributed by atoms with van der Waals surface area (Å²) in [6, 6.07) is 12.0. The first kappa shape index (κ1) is 21.5. The Morgan fingerprint density at radius 1 is 1.10 bits per heavy atom. The first-order valence-electron chi connectivity index (χ1n) is 11.4. The number of likely N-dealkylation sites (tertiary alicyclic amines) is 1. The third kappa shape index (κ3) is 5.13. The second kappa shape index (κ2) is 10.1. The third-order valence-electron chi connectivity index (χ3n) is 6.57. The highest BCUT2D eigenvalue weighted by Crippen LogP contribution is 2.26. The van der Waals surface area contributed by atoms with Crippen molar-refractivity contribution in [3.63, 3.8) is 0 Å². The Kier molecular flexibility index (Phi) is 6.97. The van der Waals surface area contributed by atoms with Crippen molar-refractivity contribution < 1.29 is 9.59 Å². The van der Waals surface area contributed by atoms with E-state index in [2.05, 4.69) is 27.3 Å². The molecule has 2 aliphatic rings. The fourth-order valence-electron chi connectivity index (χ4n) is 4.76. The molecule has 0 bridgehead atoms. The van der Waals surface area contributed by atoms with Gasteiger partial charge in [-0.05, 0) is 68.1 Å². The molecule has 0 unspecified atom stereocenters. The number of carbonyl (C=O) groups excluding carboxylic acids is 2. The van der Waals surface area contributed by atoms with E-state index >= 15 is 0 Å². The summed E-state index contributed by atoms with van der Waals surface area (Å²) in [5.74, 6) is -0.0840. The van der Waals surface area contributed by atoms with Crippen molar-refractivity contribution in [3.05, 3.63) is 54.4 Å². The van der Waals surface area contributed by atoms with E-state index in [1.165, 1.54) is 6.42 Å². The molecule has 2 saturated heterocycles. The SMILES string of the molecule is C[C@@H](C(=O)N1CCNC(=O)[C@@H](Cc2ccccc2-c2ccncc2)C1)N1CCCCC1. The van der Waals surface area contributed by atoms with Crippen LogP contribution >= 0.6 is 0 Å². The minimum atomic E-state index is -0.261. The summed E-state index contributed by atoms with van der Waals surface area (Å²) in [5, 5.41) is 3.02. The van der Waals surface area contributed by atoms with Crippen LogP contribution in [0.3, 0.4) is 0 Å². The van der Waals surface area contributed by atoms with Crippen LogP contribution in [0.5, 0.6) is 0 Å². The largest absolute Gasteiger partial charge is 0.354 e. The summed E-state index contributed by atoms with van der Waals surface area (Å²) in [5.41, 5.74) is 3.32. The molecule has 31 heavy (non-hydrogen) atoms. The lowest BCUT2D eigenvalue weighted by Crippen LogP contribution is -2.50. The molecule has 1 aromatic heterocycles. The van der Waals surface area contributed by atoms with E-state index < -0.39 is 0 Å². The van der Waals surface area contributed by atoms with Gasteiger partial charge in [-0.25, -0.2) is 0 Å². The second-order valence-corrected chi connectivity index (χ2v) is 8.64. The van der Waals surface area contributed by atoms with Gasteiger partial charge in [0.25, 0.3) is 0 Å². The normalized spacial score (nSPS) is 21.3. The average molecular weight is 421 g/mol. The Morgan fingerprint density at radius 3 is 2.61 bits per heavy atom. The lowest BCUT2D eigenvalue weighted by atomic mass is 9.91. The average Bonchev–Trinajstić information content (AvgIpc) is 3.01. The Morgan fingerprint density at radius 2 is 1.84 bits per heavy atom. The van der Waals surface area contributed by atoms with Gasteiger partial charge < -0.3 is 10.2 Å². The van der Waals surface area contributed by atoms with Crippen molar-refractivity contribution in [2.75, 3.05) is 32.7 Å². The first-order valence-corrected chi connectivity index (χ1v) is 11.4. The summed E-state index contributed by atoms with van der Waals surface area (Å²) < 4.78 is 0. The van der Waals surface area contributed by atoms with Gasteiger partial charge in [-0.1, -0.05) is 30.7 Å². The number of amides is 2. The molecule has 0 aliphatic carbocycles. The standard InChI is InChI=1S/C25H32N4O2/c1-19(28-14-5-2-6-15-28)25(31)29-16-13-27-24(30)22(18-29)17-21-7-3-4-8-23(21)20-9-11-26-12-10-20/h3-4,7-12,19,22H,2,5-6,13-18H2,1H3,(H,27,30)/t19-,22-/m0/s1. The van der Waals surface area contributed by atoms with E-state index in [1.807, 2.05) is 36.1 Å². The van der Waals surface area contributed by atoms with E-state index in [0.717, 1.165) is 42.6 Å². The van der Waals surface area contributed by atoms with E-state index in [1.54, 1.807) is 12.4 Å². The number of benzene rings is 1. The molecule has 0 radical (unpaired) electrons. The number of hydrogen-bond donors (Lipinski definition) is 1. The maximum absolute atomic E-state index is 13.3. The third-order valence-corrected chi connectivity index (χ3v) is 6.57. The monoisotopic (exact) mass is 420 g/mol. The van der Waals surface area contributed by atoms with Gasteiger partial charge in [-0.2, -0.15) is 0 Å². The van der Waals surface area contributed by atoms with Crippen LogP contribution in [0.25, 0.3) is 11.1 Å². The molecule has 2 fully saturated rings. The maximum Gasteiger partial charge on any atom is 0.239 e. The summed E-state index contributed by atoms with van der Waals surface area (Å²) in [7, 11) is 0. The van der Waals surface area contributed by atoms with Gasteiger partial charge in [0, 0.05) is 32.0 Å². The summed E-state index contributed by atoms with van der Waals surface area (Å²) in [4.78, 5) is 34.4. The fourth-order valence-corrected chi connectivity index (χ4v) is 4.76. The zero-order valence-corrected chi connectivity index (χ0v) is 18.3. The number of nitrogens with one attached hydrogen (secondary N) is 1. The molecule has 2 atom stereocenters. The summed E-state index contributed by atoms with van der Waals surface area (Å²) >= 11 is 0. The molecular formula is C25H32N4O2. The predicted molar refractivity (Wildman–Crippen MR) is 121 cm³/mol. The van der Waals surface area contributed by atoms with Crippen LogP contribution in [0.4, 0.5) is 0 Å². The van der Waals surface area contributed by atoms with Crippen molar-refractivity contribution in [2.24, 2.45) is 5.92 Å². The molecule has 6 nitrogen and oxygen atoms in total. The highest BCUT2D eigenvalue weighted by molar-refractivity contribution is 5.84. The molecule has 6 heteroatoms. The summed E-state index contributed by atoms with van der Waals surface area (Å²) in [6.45, 7) is 5.54. The van der Waals surface area contributed by atoms with Crippen molar-refractivity contribution in [1.29, 1.82) is 0 Å². The smallest absolute Gasteiger partial charge is 0.239 e. The number of hydrogen-bond acceptors (Lipinski definition) is 4. The molecule has 1 aromatic carbocycles. The minimum Gasteiger partial charge on any atom is -0.354 e. The van der Waals surface area contributed by atoms with Gasteiger partial charge in [0.05, 0.1) is 12.0 Å². The number of aromatic nitrogens is 1. The van der Waals surface area contributed by atoms with Crippen molar-refractivity contribution in [3.8, 4) is 11.1 Å². The first-order chi connectivity index (χ1) is 15.1. The van der Waals surface area contributed by atoms with E-state index in [4.69, 9.17) is 0 Å². The van der Waals surface area contributed by atoms with Crippen molar-refractivity contribution >= 4 is 11.8 Å². The Bertz CT molecular complexity index is 895. The minimum absolute atomic E-state index is 0.0328. The number of pyridine rings is 1. The van der Waals surface area contributed by atoms with E-state index in [0.29, 0.717) is 26.1 Å². The van der Waals surface area contributed by atoms with Crippen LogP contribution in [0.1, 0.15) is 31.7 Å². The molecule has 0 saturated carbocycles. The number of nitrogens with zero attached hydrogens (tertiary/aromatic N) is 3. The molecule has 4 rings (SSSR count). The van der Waals surface area contributed by atoms with Gasteiger partial charge in [-0.15, -0.1) is 0 Å². The Balaban J connectivity index is 1.50. The van der Waals surface area contributed by atoms with Gasteiger partial charge in [-0.3, -0.25) is 19.5 Å². The van der Waals surface area contributed by atoms with Crippen LogP contribution in [0.2, 0.25) is 0 Å². The molecule has 2 amide bonds. The Labute approximate surface area is 184 Å². The maximum atomic E-state index is 13.3. The van der Waals surface area contributed by atoms with Crippen molar-refractivity contribution in [2.45, 2.75) is 38.6 Å². The Hall–Kier alpha value is -2.73. The number of carbonyl (C=O) groups is 2. The van der Waals surface area contributed by atoms with E-state index in [-0.39, 0.29) is 23.8 Å². The lowest BCUT2D eigenvalue weighted by Gasteiger charge is -2.35. The van der Waals surface area contributed by atoms with Crippen molar-refractivity contribution in [1.82, 2.24) is 20.1 Å². The fraction of sp³-hybridized carbons (Fsp3) is 0.480. The highest BCUT2D eigenvalue weighted by atomic mass is 16.2. The molecule has 1 N–H and O–H groups in total. The lowest BCUT2D eigenvalue weighted by molar-refractivity contribution is -0.137. The molecular weight excluding hydrogens is 388 g/mol. The van der Waals surface area contributed by atoms with Gasteiger partial charge in [0.1, 0.15) is 0 Å². The van der Waals surface area contributed by atoms with Gasteiger partial charge >= 0.3 is 0 Å². The molecule has 2 aliphatic heterocycles. The van der Waals surface area contributed by atoms with Crippen LogP contribution in [0.15, 0.2) is 48.8 Å². The van der Waals surface area contributed by atoms with Crippen LogP contribution in [-0.2, 0) is 16.0 Å². The highest BCUT2D eigenvalue weighted by Gasteiger charge is 2.32. The topological polar surface area (TPSA) is 65.5 Å². The molecule has 0 spiro atoms. The predicted octanol–water partition coefficient (Wildman–Crippen LogP) is 2.74. The molecule has 2 aromatic rings. The van der Waals surface area contributed by atoms with Gasteiger partial charge in [0.2, 0.25) is 11.8 Å². The second-order valence-electron chi connectivity index (χ2n) is 8.64. The summed E-state index contributed by atoms with van der Waals surface area (Å²) in [6.07, 6.45) is 7.74. The van der Waals surface area contributed by atoms with Gasteiger partial charge in [0.15, 0.2) is 0 Å². The van der Waals surface area contributed by atoms with Crippen LogP contribution in [0, 0.1) is 5.92 Å². The quantitative estimate of drug-likeness (QED) is 0.808. The number of rotatable bonds is 5. The number of piperidine rings is 1.